The van der Waals surface area contributed by atoms with Crippen molar-refractivity contribution in [2.75, 3.05) is 5.32 Å². The van der Waals surface area contributed by atoms with Crippen molar-refractivity contribution in [3.05, 3.63) is 46.3 Å². The van der Waals surface area contributed by atoms with E-state index in [1.165, 1.54) is 5.56 Å². The zero-order valence-corrected chi connectivity index (χ0v) is 12.0. The molecular weight excluding hydrogens is 238 g/mol. The molecule has 1 aromatic carbocycles. The summed E-state index contributed by atoms with van der Waals surface area (Å²) in [6.45, 7) is 7.90. The fourth-order valence-corrected chi connectivity index (χ4v) is 2.38. The van der Waals surface area contributed by atoms with Gasteiger partial charge in [-0.25, -0.2) is 0 Å². The van der Waals surface area contributed by atoms with Crippen molar-refractivity contribution in [2.45, 2.75) is 27.7 Å². The van der Waals surface area contributed by atoms with Gasteiger partial charge < -0.3 is 5.32 Å². The van der Waals surface area contributed by atoms with E-state index >= 15 is 0 Å². The molecule has 2 aromatic rings. The first-order valence-electron chi connectivity index (χ1n) is 6.28. The molecule has 19 heavy (non-hydrogen) atoms. The molecule has 0 spiro atoms. The Morgan fingerprint density at radius 3 is 2.21 bits per heavy atom. The molecule has 1 amide bonds. The Balaban J connectivity index is 2.32. The number of amides is 1. The molecule has 0 aliphatic rings. The maximum atomic E-state index is 12.3. The molecule has 4 nitrogen and oxygen atoms in total. The summed E-state index contributed by atoms with van der Waals surface area (Å²) in [6.07, 6.45) is 1.74. The van der Waals surface area contributed by atoms with Gasteiger partial charge in [-0.1, -0.05) is 17.7 Å². The van der Waals surface area contributed by atoms with Crippen molar-refractivity contribution in [2.24, 2.45) is 7.05 Å². The summed E-state index contributed by atoms with van der Waals surface area (Å²) in [5.74, 6) is -0.111. The molecule has 0 radical (unpaired) electrons. The van der Waals surface area contributed by atoms with Gasteiger partial charge in [0, 0.05) is 18.9 Å². The quantitative estimate of drug-likeness (QED) is 0.899. The average Bonchev–Trinajstić information content (AvgIpc) is 2.62. The van der Waals surface area contributed by atoms with Crippen LogP contribution in [-0.4, -0.2) is 15.7 Å². The lowest BCUT2D eigenvalue weighted by Gasteiger charge is -2.12. The maximum Gasteiger partial charge on any atom is 0.259 e. The largest absolute Gasteiger partial charge is 0.321 e. The lowest BCUT2D eigenvalue weighted by Crippen LogP contribution is -2.14. The average molecular weight is 257 g/mol. The first-order valence-corrected chi connectivity index (χ1v) is 6.28. The van der Waals surface area contributed by atoms with E-state index in [4.69, 9.17) is 0 Å². The molecule has 0 unspecified atom stereocenters. The van der Waals surface area contributed by atoms with Crippen LogP contribution >= 0.6 is 0 Å². The maximum absolute atomic E-state index is 12.3. The highest BCUT2D eigenvalue weighted by Crippen LogP contribution is 2.22. The van der Waals surface area contributed by atoms with Crippen LogP contribution in [0.5, 0.6) is 0 Å². The van der Waals surface area contributed by atoms with Crippen LogP contribution in [0.3, 0.4) is 0 Å². The number of rotatable bonds is 2. The van der Waals surface area contributed by atoms with E-state index in [1.807, 2.05) is 27.8 Å². The number of aromatic nitrogens is 2. The van der Waals surface area contributed by atoms with Gasteiger partial charge in [-0.15, -0.1) is 0 Å². The second-order valence-electron chi connectivity index (χ2n) is 5.03. The van der Waals surface area contributed by atoms with Gasteiger partial charge in [0.2, 0.25) is 0 Å². The SMILES string of the molecule is Cc1cc(C)c(NC(=O)c2cn(C)nc2C)c(C)c1. The smallest absolute Gasteiger partial charge is 0.259 e. The van der Waals surface area contributed by atoms with E-state index in [2.05, 4.69) is 29.5 Å². The van der Waals surface area contributed by atoms with Gasteiger partial charge in [-0.05, 0) is 38.8 Å². The number of hydrogen-bond acceptors (Lipinski definition) is 2. The molecule has 0 aliphatic heterocycles. The van der Waals surface area contributed by atoms with Crippen molar-refractivity contribution < 1.29 is 4.79 Å². The molecule has 1 heterocycles. The lowest BCUT2D eigenvalue weighted by molar-refractivity contribution is 0.102. The van der Waals surface area contributed by atoms with Crippen LogP contribution in [0.15, 0.2) is 18.3 Å². The van der Waals surface area contributed by atoms with Gasteiger partial charge >= 0.3 is 0 Å². The fourth-order valence-electron chi connectivity index (χ4n) is 2.38. The Bertz CT molecular complexity index is 618. The minimum Gasteiger partial charge on any atom is -0.321 e. The molecule has 1 aromatic heterocycles. The molecule has 1 N–H and O–H groups in total. The number of hydrogen-bond donors (Lipinski definition) is 1. The van der Waals surface area contributed by atoms with Gasteiger partial charge in [0.25, 0.3) is 5.91 Å². The van der Waals surface area contributed by atoms with E-state index in [9.17, 15) is 4.79 Å². The molecule has 0 bridgehead atoms. The first kappa shape index (κ1) is 13.3. The third kappa shape index (κ3) is 2.67. The summed E-state index contributed by atoms with van der Waals surface area (Å²) >= 11 is 0. The van der Waals surface area contributed by atoms with Crippen LogP contribution in [0.2, 0.25) is 0 Å². The Labute approximate surface area is 113 Å². The summed E-state index contributed by atoms with van der Waals surface area (Å²) in [5, 5.41) is 7.17. The van der Waals surface area contributed by atoms with Crippen molar-refractivity contribution in [3.63, 3.8) is 0 Å². The number of carbonyl (C=O) groups is 1. The van der Waals surface area contributed by atoms with E-state index in [-0.39, 0.29) is 5.91 Å². The summed E-state index contributed by atoms with van der Waals surface area (Å²) in [6, 6.07) is 4.14. The molecule has 0 fully saturated rings. The van der Waals surface area contributed by atoms with E-state index in [0.717, 1.165) is 22.5 Å². The molecule has 4 heteroatoms. The van der Waals surface area contributed by atoms with Crippen molar-refractivity contribution in [1.29, 1.82) is 0 Å². The number of anilines is 1. The minimum absolute atomic E-state index is 0.111. The summed E-state index contributed by atoms with van der Waals surface area (Å²) in [4.78, 5) is 12.3. The zero-order chi connectivity index (χ0) is 14.2. The predicted molar refractivity (Wildman–Crippen MR) is 76.6 cm³/mol. The Morgan fingerprint density at radius 2 is 1.74 bits per heavy atom. The number of benzene rings is 1. The molecule has 0 saturated carbocycles. The first-order chi connectivity index (χ1) is 8.88. The minimum atomic E-state index is -0.111. The highest BCUT2D eigenvalue weighted by Gasteiger charge is 2.14. The van der Waals surface area contributed by atoms with Crippen LogP contribution in [0.25, 0.3) is 0 Å². The second kappa shape index (κ2) is 4.88. The fraction of sp³-hybridized carbons (Fsp3) is 0.333. The Kier molecular flexibility index (Phi) is 3.42. The summed E-state index contributed by atoms with van der Waals surface area (Å²) in [5.41, 5.74) is 5.59. The lowest BCUT2D eigenvalue weighted by atomic mass is 10.0. The van der Waals surface area contributed by atoms with Gasteiger partial charge in [0.1, 0.15) is 0 Å². The van der Waals surface area contributed by atoms with Crippen LogP contribution in [-0.2, 0) is 7.05 Å². The number of aryl methyl sites for hydroxylation is 5. The second-order valence-corrected chi connectivity index (χ2v) is 5.03. The molecule has 0 atom stereocenters. The topological polar surface area (TPSA) is 46.9 Å². The van der Waals surface area contributed by atoms with Crippen LogP contribution in [0.4, 0.5) is 5.69 Å². The number of nitrogens with zero attached hydrogens (tertiary/aromatic N) is 2. The van der Waals surface area contributed by atoms with Gasteiger partial charge in [0.05, 0.1) is 11.3 Å². The molecular formula is C15H19N3O. The van der Waals surface area contributed by atoms with Crippen LogP contribution in [0, 0.1) is 27.7 Å². The van der Waals surface area contributed by atoms with E-state index in [0.29, 0.717) is 5.56 Å². The van der Waals surface area contributed by atoms with E-state index < -0.39 is 0 Å². The number of carbonyl (C=O) groups excluding carboxylic acids is 1. The third-order valence-corrected chi connectivity index (χ3v) is 3.17. The van der Waals surface area contributed by atoms with Gasteiger partial charge in [0.15, 0.2) is 0 Å². The van der Waals surface area contributed by atoms with Gasteiger partial charge in [-0.2, -0.15) is 5.10 Å². The zero-order valence-electron chi connectivity index (χ0n) is 12.0. The third-order valence-electron chi connectivity index (χ3n) is 3.17. The summed E-state index contributed by atoms with van der Waals surface area (Å²) in [7, 11) is 1.81. The molecule has 0 saturated heterocycles. The highest BCUT2D eigenvalue weighted by molar-refractivity contribution is 6.05. The molecule has 0 aliphatic carbocycles. The van der Waals surface area contributed by atoms with Crippen molar-refractivity contribution in [3.8, 4) is 0 Å². The Hall–Kier alpha value is -2.10. The molecule has 2 rings (SSSR count). The predicted octanol–water partition coefficient (Wildman–Crippen LogP) is 2.91. The normalized spacial score (nSPS) is 10.6. The van der Waals surface area contributed by atoms with Gasteiger partial charge in [-0.3, -0.25) is 9.48 Å². The summed E-state index contributed by atoms with van der Waals surface area (Å²) < 4.78 is 1.65. The van der Waals surface area contributed by atoms with E-state index in [1.54, 1.807) is 10.9 Å². The Morgan fingerprint density at radius 1 is 1.16 bits per heavy atom. The van der Waals surface area contributed by atoms with Crippen LogP contribution < -0.4 is 5.32 Å². The van der Waals surface area contributed by atoms with Crippen LogP contribution in [0.1, 0.15) is 32.7 Å². The number of nitrogens with one attached hydrogen (secondary N) is 1. The van der Waals surface area contributed by atoms with Crippen molar-refractivity contribution in [1.82, 2.24) is 9.78 Å². The highest BCUT2D eigenvalue weighted by atomic mass is 16.1. The molecule has 100 valence electrons. The standard InChI is InChI=1S/C15H19N3O/c1-9-6-10(2)14(11(3)7-9)16-15(19)13-8-18(5)17-12(13)4/h6-8H,1-5H3,(H,16,19). The van der Waals surface area contributed by atoms with Crippen molar-refractivity contribution >= 4 is 11.6 Å². The monoisotopic (exact) mass is 257 g/mol.